The predicted molar refractivity (Wildman–Crippen MR) is 70.5 cm³/mol. The van der Waals surface area contributed by atoms with Crippen LogP contribution in [0.1, 0.15) is 18.9 Å². The Labute approximate surface area is 112 Å². The van der Waals surface area contributed by atoms with Crippen molar-refractivity contribution in [3.8, 4) is 0 Å². The Hall–Kier alpha value is -1.88. The molecule has 0 amide bonds. The summed E-state index contributed by atoms with van der Waals surface area (Å²) in [6.07, 6.45) is 0.277. The van der Waals surface area contributed by atoms with Crippen LogP contribution in [-0.2, 0) is 20.9 Å². The van der Waals surface area contributed by atoms with Gasteiger partial charge in [-0.05, 0) is 18.0 Å². The van der Waals surface area contributed by atoms with E-state index in [9.17, 15) is 9.59 Å². The average molecular weight is 265 g/mol. The van der Waals surface area contributed by atoms with Gasteiger partial charge in [0.25, 0.3) is 0 Å². The van der Waals surface area contributed by atoms with E-state index in [1.54, 1.807) is 0 Å². The number of ether oxygens (including phenoxy) is 1. The van der Waals surface area contributed by atoms with E-state index in [-0.39, 0.29) is 31.5 Å². The quantitative estimate of drug-likeness (QED) is 0.695. The van der Waals surface area contributed by atoms with Gasteiger partial charge in [-0.3, -0.25) is 9.59 Å². The van der Waals surface area contributed by atoms with E-state index in [0.29, 0.717) is 6.54 Å². The SMILES string of the molecule is CC(CNCC(=O)O)CC(=O)OCc1ccccc1. The monoisotopic (exact) mass is 265 g/mol. The van der Waals surface area contributed by atoms with Gasteiger partial charge < -0.3 is 15.2 Å². The molecule has 1 aromatic carbocycles. The van der Waals surface area contributed by atoms with Crippen LogP contribution in [0, 0.1) is 5.92 Å². The summed E-state index contributed by atoms with van der Waals surface area (Å²) in [6.45, 7) is 2.53. The molecule has 19 heavy (non-hydrogen) atoms. The van der Waals surface area contributed by atoms with Crippen LogP contribution in [0.3, 0.4) is 0 Å². The normalized spacial score (nSPS) is 11.8. The van der Waals surface area contributed by atoms with Gasteiger partial charge in [0.2, 0.25) is 0 Å². The van der Waals surface area contributed by atoms with Crippen molar-refractivity contribution in [1.29, 1.82) is 0 Å². The number of esters is 1. The van der Waals surface area contributed by atoms with Crippen molar-refractivity contribution in [3.05, 3.63) is 35.9 Å². The molecule has 0 heterocycles. The number of carbonyl (C=O) groups is 2. The van der Waals surface area contributed by atoms with E-state index in [0.717, 1.165) is 5.56 Å². The van der Waals surface area contributed by atoms with Crippen molar-refractivity contribution in [1.82, 2.24) is 5.32 Å². The Balaban J connectivity index is 2.18. The average Bonchev–Trinajstić information content (AvgIpc) is 2.37. The van der Waals surface area contributed by atoms with Crippen molar-refractivity contribution in [2.24, 2.45) is 5.92 Å². The minimum atomic E-state index is -0.904. The van der Waals surface area contributed by atoms with E-state index in [4.69, 9.17) is 9.84 Å². The van der Waals surface area contributed by atoms with Crippen molar-refractivity contribution in [2.75, 3.05) is 13.1 Å². The van der Waals surface area contributed by atoms with Gasteiger partial charge in [0, 0.05) is 6.42 Å². The fourth-order valence-corrected chi connectivity index (χ4v) is 1.58. The first-order chi connectivity index (χ1) is 9.08. The lowest BCUT2D eigenvalue weighted by Crippen LogP contribution is -2.28. The molecule has 0 aliphatic rings. The summed E-state index contributed by atoms with van der Waals surface area (Å²) in [5, 5.41) is 11.2. The molecule has 0 aromatic heterocycles. The molecule has 5 nitrogen and oxygen atoms in total. The van der Waals surface area contributed by atoms with Crippen LogP contribution < -0.4 is 5.32 Å². The zero-order valence-electron chi connectivity index (χ0n) is 11.0. The highest BCUT2D eigenvalue weighted by molar-refractivity contribution is 5.70. The fraction of sp³-hybridized carbons (Fsp3) is 0.429. The van der Waals surface area contributed by atoms with Gasteiger partial charge in [0.1, 0.15) is 6.61 Å². The minimum Gasteiger partial charge on any atom is -0.480 e. The number of nitrogens with one attached hydrogen (secondary N) is 1. The first-order valence-corrected chi connectivity index (χ1v) is 6.20. The molecule has 5 heteroatoms. The molecule has 0 saturated carbocycles. The Morgan fingerprint density at radius 3 is 2.63 bits per heavy atom. The number of hydrogen-bond acceptors (Lipinski definition) is 4. The smallest absolute Gasteiger partial charge is 0.317 e. The Morgan fingerprint density at radius 2 is 2.00 bits per heavy atom. The molecule has 104 valence electrons. The Kier molecular flexibility index (Phi) is 6.60. The molecular formula is C14H19NO4. The summed E-state index contributed by atoms with van der Waals surface area (Å²) in [7, 11) is 0. The van der Waals surface area contributed by atoms with Gasteiger partial charge in [0.05, 0.1) is 6.54 Å². The van der Waals surface area contributed by atoms with E-state index >= 15 is 0 Å². The second kappa shape index (κ2) is 8.26. The van der Waals surface area contributed by atoms with Crippen LogP contribution in [0.2, 0.25) is 0 Å². The van der Waals surface area contributed by atoms with Crippen molar-refractivity contribution in [2.45, 2.75) is 20.0 Å². The third-order valence-corrected chi connectivity index (χ3v) is 2.53. The number of carboxylic acid groups (broad SMARTS) is 1. The highest BCUT2D eigenvalue weighted by Gasteiger charge is 2.10. The Morgan fingerprint density at radius 1 is 1.32 bits per heavy atom. The van der Waals surface area contributed by atoms with Crippen LogP contribution >= 0.6 is 0 Å². The maximum atomic E-state index is 11.6. The van der Waals surface area contributed by atoms with Gasteiger partial charge in [-0.1, -0.05) is 37.3 Å². The molecule has 0 aliphatic heterocycles. The van der Waals surface area contributed by atoms with Gasteiger partial charge in [-0.15, -0.1) is 0 Å². The summed E-state index contributed by atoms with van der Waals surface area (Å²) < 4.78 is 5.14. The zero-order valence-corrected chi connectivity index (χ0v) is 11.0. The van der Waals surface area contributed by atoms with Gasteiger partial charge >= 0.3 is 11.9 Å². The summed E-state index contributed by atoms with van der Waals surface area (Å²) in [4.78, 5) is 21.9. The molecule has 0 radical (unpaired) electrons. The molecule has 0 saturated heterocycles. The van der Waals surface area contributed by atoms with Crippen molar-refractivity contribution >= 4 is 11.9 Å². The van der Waals surface area contributed by atoms with Crippen molar-refractivity contribution in [3.63, 3.8) is 0 Å². The van der Waals surface area contributed by atoms with E-state index in [1.807, 2.05) is 37.3 Å². The fourth-order valence-electron chi connectivity index (χ4n) is 1.58. The molecule has 2 N–H and O–H groups in total. The Bertz CT molecular complexity index is 405. The highest BCUT2D eigenvalue weighted by Crippen LogP contribution is 2.05. The number of carbonyl (C=O) groups excluding carboxylic acids is 1. The molecule has 1 atom stereocenters. The molecule has 0 aliphatic carbocycles. The van der Waals surface area contributed by atoms with E-state index < -0.39 is 5.97 Å². The minimum absolute atomic E-state index is 0.0441. The summed E-state index contributed by atoms with van der Waals surface area (Å²) in [6, 6.07) is 9.47. The van der Waals surface area contributed by atoms with Crippen LogP contribution in [0.25, 0.3) is 0 Å². The standard InChI is InChI=1S/C14H19NO4/c1-11(8-15-9-13(16)17)7-14(18)19-10-12-5-3-2-4-6-12/h2-6,11,15H,7-10H2,1H3,(H,16,17). The molecule has 0 spiro atoms. The van der Waals surface area contributed by atoms with Crippen LogP contribution in [0.4, 0.5) is 0 Å². The van der Waals surface area contributed by atoms with E-state index in [1.165, 1.54) is 0 Å². The first-order valence-electron chi connectivity index (χ1n) is 6.20. The second-order valence-corrected chi connectivity index (χ2v) is 4.48. The zero-order chi connectivity index (χ0) is 14.1. The number of benzene rings is 1. The molecule has 1 rings (SSSR count). The van der Waals surface area contributed by atoms with Crippen molar-refractivity contribution < 1.29 is 19.4 Å². The summed E-state index contributed by atoms with van der Waals surface area (Å²) in [5.74, 6) is -1.13. The van der Waals surface area contributed by atoms with Crippen LogP contribution in [-0.4, -0.2) is 30.1 Å². The maximum absolute atomic E-state index is 11.6. The molecule has 1 aromatic rings. The molecule has 0 fully saturated rings. The number of hydrogen-bond donors (Lipinski definition) is 2. The maximum Gasteiger partial charge on any atom is 0.317 e. The number of aliphatic carboxylic acids is 1. The number of rotatable bonds is 8. The lowest BCUT2D eigenvalue weighted by molar-refractivity contribution is -0.145. The third kappa shape index (κ3) is 7.21. The third-order valence-electron chi connectivity index (χ3n) is 2.53. The first kappa shape index (κ1) is 15.2. The van der Waals surface area contributed by atoms with Gasteiger partial charge in [0.15, 0.2) is 0 Å². The lowest BCUT2D eigenvalue weighted by Gasteiger charge is -2.11. The largest absolute Gasteiger partial charge is 0.480 e. The topological polar surface area (TPSA) is 75.6 Å². The van der Waals surface area contributed by atoms with Crippen LogP contribution in [0.5, 0.6) is 0 Å². The summed E-state index contributed by atoms with van der Waals surface area (Å²) >= 11 is 0. The van der Waals surface area contributed by atoms with Gasteiger partial charge in [-0.25, -0.2) is 0 Å². The number of carboxylic acids is 1. The predicted octanol–water partition coefficient (Wildman–Crippen LogP) is 1.43. The molecule has 0 bridgehead atoms. The van der Waals surface area contributed by atoms with Crippen LogP contribution in [0.15, 0.2) is 30.3 Å². The molecular weight excluding hydrogens is 246 g/mol. The van der Waals surface area contributed by atoms with E-state index in [2.05, 4.69) is 5.32 Å². The lowest BCUT2D eigenvalue weighted by atomic mass is 10.1. The second-order valence-electron chi connectivity index (χ2n) is 4.48. The van der Waals surface area contributed by atoms with Gasteiger partial charge in [-0.2, -0.15) is 0 Å². The molecule has 1 unspecified atom stereocenters. The summed E-state index contributed by atoms with van der Waals surface area (Å²) in [5.41, 5.74) is 0.951. The highest BCUT2D eigenvalue weighted by atomic mass is 16.5.